The van der Waals surface area contributed by atoms with Crippen LogP contribution in [0.4, 0.5) is 0 Å². The minimum Gasteiger partial charge on any atom is -0.300 e. The number of nitrogens with zero attached hydrogens (tertiary/aromatic N) is 1. The summed E-state index contributed by atoms with van der Waals surface area (Å²) in [5.74, 6) is 0. The average Bonchev–Trinajstić information content (AvgIpc) is 1.64. The Balaban J connectivity index is 2.23. The molecule has 0 spiro atoms. The molecule has 2 heteroatoms. The van der Waals surface area contributed by atoms with Crippen molar-refractivity contribution in [3.8, 4) is 0 Å². The van der Waals surface area contributed by atoms with Gasteiger partial charge in [0.15, 0.2) is 0 Å². The molecule has 1 radical (unpaired) electrons. The summed E-state index contributed by atoms with van der Waals surface area (Å²) < 4.78 is 0. The first-order valence-electron chi connectivity index (χ1n) is 2.96. The number of hydrogen-bond donors (Lipinski definition) is 0. The third kappa shape index (κ3) is 1.64. The van der Waals surface area contributed by atoms with Crippen molar-refractivity contribution in [2.24, 2.45) is 0 Å². The van der Waals surface area contributed by atoms with Crippen molar-refractivity contribution in [1.82, 2.24) is 4.90 Å². The zero-order chi connectivity index (χ0) is 5.98. The first-order valence-corrected chi connectivity index (χ1v) is 3.40. The summed E-state index contributed by atoms with van der Waals surface area (Å²) in [4.78, 5) is 2.15. The van der Waals surface area contributed by atoms with E-state index in [0.717, 1.165) is 19.4 Å². The van der Waals surface area contributed by atoms with Gasteiger partial charge in [-0.15, -0.1) is 11.6 Å². The number of alkyl halides is 1. The molecule has 0 bridgehead atoms. The maximum absolute atomic E-state index is 5.85. The van der Waals surface area contributed by atoms with Gasteiger partial charge < -0.3 is 4.90 Å². The molecule has 0 aromatic rings. The maximum atomic E-state index is 5.85. The molecule has 1 nitrogen and oxygen atoms in total. The second kappa shape index (κ2) is 2.70. The fourth-order valence-corrected chi connectivity index (χ4v) is 1.30. The summed E-state index contributed by atoms with van der Waals surface area (Å²) in [7, 11) is 2.06. The lowest BCUT2D eigenvalue weighted by Gasteiger charge is -2.24. The minimum atomic E-state index is 0.380. The highest BCUT2D eigenvalue weighted by atomic mass is 35.5. The van der Waals surface area contributed by atoms with Crippen LogP contribution in [0, 0.1) is 6.54 Å². The van der Waals surface area contributed by atoms with Gasteiger partial charge in [-0.05, 0) is 19.9 Å². The molecule has 0 aromatic carbocycles. The number of piperidine rings is 1. The van der Waals surface area contributed by atoms with Crippen LogP contribution in [0.2, 0.25) is 0 Å². The molecule has 47 valence electrons. The lowest BCUT2D eigenvalue weighted by Crippen LogP contribution is -2.28. The number of hydrogen-bond acceptors (Lipinski definition) is 1. The smallest absolute Gasteiger partial charge is 0.0463 e. The molecular formula is C6H11ClN. The average molecular weight is 133 g/mol. The van der Waals surface area contributed by atoms with Crippen LogP contribution in [0.1, 0.15) is 12.8 Å². The largest absolute Gasteiger partial charge is 0.300 e. The van der Waals surface area contributed by atoms with E-state index >= 15 is 0 Å². The first-order chi connectivity index (χ1) is 3.79. The Morgan fingerprint density at radius 3 is 2.88 bits per heavy atom. The van der Waals surface area contributed by atoms with Gasteiger partial charge in [0.25, 0.3) is 0 Å². The highest BCUT2D eigenvalue weighted by Crippen LogP contribution is 2.15. The van der Waals surface area contributed by atoms with Crippen molar-refractivity contribution in [3.63, 3.8) is 0 Å². The quantitative estimate of drug-likeness (QED) is 0.452. The second-order valence-electron chi connectivity index (χ2n) is 2.30. The fourth-order valence-electron chi connectivity index (χ4n) is 0.954. The van der Waals surface area contributed by atoms with Crippen LogP contribution in [0.15, 0.2) is 0 Å². The monoisotopic (exact) mass is 132 g/mol. The van der Waals surface area contributed by atoms with Gasteiger partial charge in [-0.25, -0.2) is 0 Å². The standard InChI is InChI=1S/C6H11ClN/c1-8-4-2-3-6(7)5-8/h4,6H,2-3,5H2,1H3. The minimum absolute atomic E-state index is 0.380. The van der Waals surface area contributed by atoms with E-state index in [1.54, 1.807) is 0 Å². The first kappa shape index (κ1) is 6.37. The van der Waals surface area contributed by atoms with Gasteiger partial charge in [0.1, 0.15) is 0 Å². The van der Waals surface area contributed by atoms with E-state index in [0.29, 0.717) is 5.38 Å². The second-order valence-corrected chi connectivity index (χ2v) is 2.91. The molecule has 1 aliphatic heterocycles. The molecule has 1 aliphatic rings. The molecule has 0 amide bonds. The molecule has 0 saturated carbocycles. The van der Waals surface area contributed by atoms with E-state index in [1.807, 2.05) is 0 Å². The van der Waals surface area contributed by atoms with E-state index in [1.165, 1.54) is 0 Å². The number of likely N-dealkylation sites (tertiary alicyclic amines) is 1. The van der Waals surface area contributed by atoms with Crippen molar-refractivity contribution < 1.29 is 0 Å². The SMILES string of the molecule is CN1[CH]CCC(Cl)C1. The number of halogens is 1. The Morgan fingerprint density at radius 2 is 2.50 bits per heavy atom. The van der Waals surface area contributed by atoms with Crippen LogP contribution < -0.4 is 0 Å². The van der Waals surface area contributed by atoms with E-state index in [4.69, 9.17) is 11.6 Å². The summed E-state index contributed by atoms with van der Waals surface area (Å²) in [5.41, 5.74) is 0. The molecular weight excluding hydrogens is 122 g/mol. The fraction of sp³-hybridized carbons (Fsp3) is 0.833. The van der Waals surface area contributed by atoms with Crippen molar-refractivity contribution in [1.29, 1.82) is 0 Å². The third-order valence-corrected chi connectivity index (χ3v) is 1.76. The normalized spacial score (nSPS) is 33.0. The van der Waals surface area contributed by atoms with Gasteiger partial charge in [-0.2, -0.15) is 0 Å². The van der Waals surface area contributed by atoms with Crippen LogP contribution >= 0.6 is 11.6 Å². The van der Waals surface area contributed by atoms with Crippen molar-refractivity contribution in [2.45, 2.75) is 18.2 Å². The van der Waals surface area contributed by atoms with Gasteiger partial charge in [-0.1, -0.05) is 0 Å². The Morgan fingerprint density at radius 1 is 1.75 bits per heavy atom. The predicted octanol–water partition coefficient (Wildman–Crippen LogP) is 1.48. The van der Waals surface area contributed by atoms with Gasteiger partial charge in [0.2, 0.25) is 0 Å². The molecule has 1 heterocycles. The summed E-state index contributed by atoms with van der Waals surface area (Å²) in [6.45, 7) is 3.21. The van der Waals surface area contributed by atoms with Gasteiger partial charge in [0.05, 0.1) is 0 Å². The lowest BCUT2D eigenvalue weighted by atomic mass is 10.1. The Kier molecular flexibility index (Phi) is 2.15. The zero-order valence-corrected chi connectivity index (χ0v) is 5.86. The number of rotatable bonds is 0. The van der Waals surface area contributed by atoms with Crippen LogP contribution in [0.25, 0.3) is 0 Å². The van der Waals surface area contributed by atoms with Crippen LogP contribution in [0.5, 0.6) is 0 Å². The predicted molar refractivity (Wildman–Crippen MR) is 35.8 cm³/mol. The summed E-state index contributed by atoms with van der Waals surface area (Å²) in [6, 6.07) is 0. The topological polar surface area (TPSA) is 3.24 Å². The summed E-state index contributed by atoms with van der Waals surface area (Å²) in [6.07, 6.45) is 2.29. The van der Waals surface area contributed by atoms with Crippen molar-refractivity contribution >= 4 is 11.6 Å². The van der Waals surface area contributed by atoms with Crippen molar-refractivity contribution in [2.75, 3.05) is 13.6 Å². The van der Waals surface area contributed by atoms with Gasteiger partial charge >= 0.3 is 0 Å². The summed E-state index contributed by atoms with van der Waals surface area (Å²) in [5, 5.41) is 0.380. The molecule has 0 aromatic heterocycles. The highest BCUT2D eigenvalue weighted by molar-refractivity contribution is 6.20. The van der Waals surface area contributed by atoms with Crippen molar-refractivity contribution in [3.05, 3.63) is 6.54 Å². The van der Waals surface area contributed by atoms with E-state index in [2.05, 4.69) is 18.5 Å². The Hall–Kier alpha value is 0.250. The molecule has 1 atom stereocenters. The van der Waals surface area contributed by atoms with E-state index < -0.39 is 0 Å². The molecule has 1 saturated heterocycles. The Bertz CT molecular complexity index is 66.9. The van der Waals surface area contributed by atoms with Crippen LogP contribution in [0.3, 0.4) is 0 Å². The lowest BCUT2D eigenvalue weighted by molar-refractivity contribution is 0.340. The molecule has 1 rings (SSSR count). The molecule has 0 N–H and O–H groups in total. The van der Waals surface area contributed by atoms with Crippen LogP contribution in [-0.2, 0) is 0 Å². The molecule has 0 aliphatic carbocycles. The Labute approximate surface area is 55.6 Å². The summed E-state index contributed by atoms with van der Waals surface area (Å²) >= 11 is 5.85. The molecule has 1 unspecified atom stereocenters. The van der Waals surface area contributed by atoms with E-state index in [9.17, 15) is 0 Å². The van der Waals surface area contributed by atoms with Crippen LogP contribution in [-0.4, -0.2) is 23.9 Å². The molecule has 8 heavy (non-hydrogen) atoms. The third-order valence-electron chi connectivity index (χ3n) is 1.41. The van der Waals surface area contributed by atoms with E-state index in [-0.39, 0.29) is 0 Å². The zero-order valence-electron chi connectivity index (χ0n) is 5.10. The maximum Gasteiger partial charge on any atom is 0.0463 e. The molecule has 1 fully saturated rings. The van der Waals surface area contributed by atoms with Gasteiger partial charge in [-0.3, -0.25) is 0 Å². The van der Waals surface area contributed by atoms with Gasteiger partial charge in [0, 0.05) is 18.5 Å². The highest BCUT2D eigenvalue weighted by Gasteiger charge is 2.13.